The molecule has 2 rings (SSSR count). The largest absolute Gasteiger partial charge is 0.393 e. The number of hydrogen-bond acceptors (Lipinski definition) is 1. The fraction of sp³-hybridized carbons (Fsp3) is 0.500. The highest BCUT2D eigenvalue weighted by Crippen LogP contribution is 2.33. The van der Waals surface area contributed by atoms with E-state index in [0.717, 1.165) is 5.56 Å². The molecule has 5 heteroatoms. The molecule has 0 radical (unpaired) electrons. The molecule has 0 saturated carbocycles. The molecule has 0 N–H and O–H groups in total. The molecular weight excluding hydrogens is 255 g/mol. The van der Waals surface area contributed by atoms with Gasteiger partial charge in [0.25, 0.3) is 5.91 Å². The van der Waals surface area contributed by atoms with E-state index in [9.17, 15) is 18.0 Å². The van der Waals surface area contributed by atoms with Crippen molar-refractivity contribution in [3.05, 3.63) is 35.4 Å². The van der Waals surface area contributed by atoms with Crippen LogP contribution in [0.1, 0.15) is 28.8 Å². The van der Waals surface area contributed by atoms with E-state index in [1.807, 2.05) is 13.0 Å². The maximum absolute atomic E-state index is 12.7. The fourth-order valence-corrected chi connectivity index (χ4v) is 2.39. The summed E-state index contributed by atoms with van der Waals surface area (Å²) in [6.07, 6.45) is -3.70. The van der Waals surface area contributed by atoms with E-state index in [4.69, 9.17) is 0 Å². The number of alkyl halides is 3. The topological polar surface area (TPSA) is 20.3 Å². The van der Waals surface area contributed by atoms with Gasteiger partial charge in [-0.1, -0.05) is 17.7 Å². The zero-order chi connectivity index (χ0) is 14.0. The van der Waals surface area contributed by atoms with Gasteiger partial charge in [0.15, 0.2) is 0 Å². The molecule has 2 nitrogen and oxygen atoms in total. The van der Waals surface area contributed by atoms with Gasteiger partial charge in [0.1, 0.15) is 0 Å². The van der Waals surface area contributed by atoms with Gasteiger partial charge >= 0.3 is 6.18 Å². The van der Waals surface area contributed by atoms with Crippen LogP contribution in [0, 0.1) is 12.8 Å². The third-order valence-electron chi connectivity index (χ3n) is 3.44. The Labute approximate surface area is 110 Å². The lowest BCUT2D eigenvalue weighted by Crippen LogP contribution is -2.44. The van der Waals surface area contributed by atoms with Crippen molar-refractivity contribution in [2.45, 2.75) is 25.9 Å². The van der Waals surface area contributed by atoms with Crippen LogP contribution in [0.4, 0.5) is 13.2 Å². The normalized spacial score (nSPS) is 20.4. The molecule has 19 heavy (non-hydrogen) atoms. The summed E-state index contributed by atoms with van der Waals surface area (Å²) in [6.45, 7) is 2.03. The molecule has 1 aromatic rings. The monoisotopic (exact) mass is 271 g/mol. The number of halogens is 3. The van der Waals surface area contributed by atoms with Gasteiger partial charge in [-0.05, 0) is 31.9 Å². The number of benzene rings is 1. The third kappa shape index (κ3) is 3.28. The summed E-state index contributed by atoms with van der Waals surface area (Å²) in [5.41, 5.74) is 1.39. The van der Waals surface area contributed by atoms with Crippen LogP contribution in [-0.4, -0.2) is 30.1 Å². The molecule has 1 saturated heterocycles. The van der Waals surface area contributed by atoms with Crippen LogP contribution in [0.15, 0.2) is 24.3 Å². The predicted molar refractivity (Wildman–Crippen MR) is 65.9 cm³/mol. The summed E-state index contributed by atoms with van der Waals surface area (Å²) in [6, 6.07) is 6.95. The first-order valence-electron chi connectivity index (χ1n) is 6.30. The molecule has 1 amide bonds. The fourth-order valence-electron chi connectivity index (χ4n) is 2.39. The minimum absolute atomic E-state index is 0.112. The van der Waals surface area contributed by atoms with Crippen LogP contribution in [0.2, 0.25) is 0 Å². The van der Waals surface area contributed by atoms with Gasteiger partial charge in [-0.15, -0.1) is 0 Å². The van der Waals surface area contributed by atoms with E-state index in [2.05, 4.69) is 0 Å². The summed E-state index contributed by atoms with van der Waals surface area (Å²) in [4.78, 5) is 13.5. The van der Waals surface area contributed by atoms with Crippen molar-refractivity contribution in [3.8, 4) is 0 Å². The summed E-state index contributed by atoms with van der Waals surface area (Å²) < 4.78 is 38.1. The summed E-state index contributed by atoms with van der Waals surface area (Å²) in [7, 11) is 0. The molecule has 0 spiro atoms. The molecule has 1 heterocycles. The van der Waals surface area contributed by atoms with Crippen molar-refractivity contribution >= 4 is 5.91 Å². The maximum atomic E-state index is 12.7. The molecule has 104 valence electrons. The number of carbonyl (C=O) groups is 1. The van der Waals surface area contributed by atoms with E-state index < -0.39 is 12.1 Å². The zero-order valence-corrected chi connectivity index (χ0v) is 10.7. The summed E-state index contributed by atoms with van der Waals surface area (Å²) >= 11 is 0. The Balaban J connectivity index is 2.11. The molecule has 0 unspecified atom stereocenters. The smallest absolute Gasteiger partial charge is 0.338 e. The molecule has 1 fully saturated rings. The molecule has 0 aliphatic carbocycles. The number of carbonyl (C=O) groups excluding carboxylic acids is 1. The number of hydrogen-bond donors (Lipinski definition) is 0. The Kier molecular flexibility index (Phi) is 3.83. The lowest BCUT2D eigenvalue weighted by Gasteiger charge is -2.33. The van der Waals surface area contributed by atoms with E-state index in [-0.39, 0.29) is 18.9 Å². The maximum Gasteiger partial charge on any atom is 0.393 e. The van der Waals surface area contributed by atoms with Crippen LogP contribution in [-0.2, 0) is 0 Å². The lowest BCUT2D eigenvalue weighted by atomic mass is 9.97. The number of likely N-dealkylation sites (tertiary alicyclic amines) is 1. The number of aryl methyl sites for hydroxylation is 1. The van der Waals surface area contributed by atoms with Gasteiger partial charge in [-0.2, -0.15) is 13.2 Å². The summed E-state index contributed by atoms with van der Waals surface area (Å²) in [5, 5.41) is 0. The van der Waals surface area contributed by atoms with E-state index >= 15 is 0 Å². The highest BCUT2D eigenvalue weighted by Gasteiger charge is 2.42. The average molecular weight is 271 g/mol. The molecular formula is C14H16F3NO. The average Bonchev–Trinajstić information content (AvgIpc) is 2.37. The van der Waals surface area contributed by atoms with Crippen LogP contribution in [0.25, 0.3) is 0 Å². The summed E-state index contributed by atoms with van der Waals surface area (Å²) in [5.74, 6) is -1.70. The van der Waals surface area contributed by atoms with Crippen LogP contribution in [0.5, 0.6) is 0 Å². The van der Waals surface area contributed by atoms with Gasteiger partial charge in [-0.25, -0.2) is 0 Å². The Hall–Kier alpha value is -1.52. The van der Waals surface area contributed by atoms with E-state index in [1.165, 1.54) is 4.90 Å². The first-order valence-corrected chi connectivity index (χ1v) is 6.30. The minimum Gasteiger partial charge on any atom is -0.338 e. The molecule has 0 aromatic heterocycles. The minimum atomic E-state index is -4.22. The highest BCUT2D eigenvalue weighted by molar-refractivity contribution is 5.94. The SMILES string of the molecule is Cc1cccc(C(=O)N2CCC[C@@H](C(F)(F)F)C2)c1. The number of rotatable bonds is 1. The Bertz CT molecular complexity index is 470. The molecule has 0 bridgehead atoms. The van der Waals surface area contributed by atoms with Crippen molar-refractivity contribution in [1.29, 1.82) is 0 Å². The number of piperidine rings is 1. The highest BCUT2D eigenvalue weighted by atomic mass is 19.4. The standard InChI is InChI=1S/C14H16F3NO/c1-10-4-2-5-11(8-10)13(19)18-7-3-6-12(9-18)14(15,16)17/h2,4-5,8,12H,3,6-7,9H2,1H3/t12-/m1/s1. The number of nitrogens with zero attached hydrogens (tertiary/aromatic N) is 1. The second kappa shape index (κ2) is 5.23. The van der Waals surface area contributed by atoms with Crippen LogP contribution in [0.3, 0.4) is 0 Å². The van der Waals surface area contributed by atoms with Crippen molar-refractivity contribution in [2.75, 3.05) is 13.1 Å². The Morgan fingerprint density at radius 3 is 2.74 bits per heavy atom. The lowest BCUT2D eigenvalue weighted by molar-refractivity contribution is -0.184. The van der Waals surface area contributed by atoms with Gasteiger partial charge in [-0.3, -0.25) is 4.79 Å². The Morgan fingerprint density at radius 1 is 1.37 bits per heavy atom. The van der Waals surface area contributed by atoms with Gasteiger partial charge in [0, 0.05) is 18.7 Å². The van der Waals surface area contributed by atoms with Crippen molar-refractivity contribution in [1.82, 2.24) is 4.90 Å². The first-order chi connectivity index (χ1) is 8.88. The Morgan fingerprint density at radius 2 is 2.11 bits per heavy atom. The molecule has 1 aliphatic heterocycles. The van der Waals surface area contributed by atoms with E-state index in [1.54, 1.807) is 18.2 Å². The van der Waals surface area contributed by atoms with Gasteiger partial charge in [0.05, 0.1) is 5.92 Å². The van der Waals surface area contributed by atoms with Crippen molar-refractivity contribution in [2.24, 2.45) is 5.92 Å². The first kappa shape index (κ1) is 13.9. The van der Waals surface area contributed by atoms with Crippen LogP contribution < -0.4 is 0 Å². The van der Waals surface area contributed by atoms with Gasteiger partial charge in [0.2, 0.25) is 0 Å². The second-order valence-electron chi connectivity index (χ2n) is 5.00. The van der Waals surface area contributed by atoms with Crippen LogP contribution >= 0.6 is 0 Å². The van der Waals surface area contributed by atoms with Gasteiger partial charge < -0.3 is 4.90 Å². The second-order valence-corrected chi connectivity index (χ2v) is 5.00. The molecule has 1 atom stereocenters. The third-order valence-corrected chi connectivity index (χ3v) is 3.44. The predicted octanol–water partition coefficient (Wildman–Crippen LogP) is 3.41. The number of amides is 1. The van der Waals surface area contributed by atoms with Crippen molar-refractivity contribution < 1.29 is 18.0 Å². The van der Waals surface area contributed by atoms with E-state index in [0.29, 0.717) is 18.5 Å². The molecule has 1 aliphatic rings. The zero-order valence-electron chi connectivity index (χ0n) is 10.7. The molecule has 1 aromatic carbocycles. The quantitative estimate of drug-likeness (QED) is 0.766. The van der Waals surface area contributed by atoms with Crippen molar-refractivity contribution in [3.63, 3.8) is 0 Å².